The Bertz CT molecular complexity index is 535. The summed E-state index contributed by atoms with van der Waals surface area (Å²) < 4.78 is 10.3. The number of ether oxygens (including phenoxy) is 2. The quantitative estimate of drug-likeness (QED) is 0.893. The van der Waals surface area contributed by atoms with Gasteiger partial charge in [-0.05, 0) is 23.3 Å². The molecule has 0 bridgehead atoms. The van der Waals surface area contributed by atoms with E-state index in [2.05, 4.69) is 0 Å². The highest BCUT2D eigenvalue weighted by atomic mass is 16.5. The number of phenolic OH excluding ortho intramolecular Hbond substituents is 1. The van der Waals surface area contributed by atoms with Crippen molar-refractivity contribution >= 4 is 0 Å². The van der Waals surface area contributed by atoms with E-state index in [9.17, 15) is 5.11 Å². The summed E-state index contributed by atoms with van der Waals surface area (Å²) in [5.41, 5.74) is 3.58. The molecule has 0 unspecified atom stereocenters. The van der Waals surface area contributed by atoms with Crippen molar-refractivity contribution in [2.75, 3.05) is 14.2 Å². The summed E-state index contributed by atoms with van der Waals surface area (Å²) in [6, 6.07) is 13.7. The molecular weight excluding hydrogens is 240 g/mol. The average molecular weight is 258 g/mol. The Balaban J connectivity index is 2.52. The Hall–Kier alpha value is -1.84. The first-order valence-corrected chi connectivity index (χ1v) is 6.14. The van der Waals surface area contributed by atoms with Gasteiger partial charge in [-0.25, -0.2) is 0 Å². The van der Waals surface area contributed by atoms with Gasteiger partial charge in [0.15, 0.2) is 0 Å². The number of phenols is 1. The van der Waals surface area contributed by atoms with Crippen LogP contribution >= 0.6 is 0 Å². The maximum absolute atomic E-state index is 10.3. The van der Waals surface area contributed by atoms with Gasteiger partial charge in [0.1, 0.15) is 5.75 Å². The smallest absolute Gasteiger partial charge is 0.128 e. The second kappa shape index (κ2) is 6.36. The molecule has 0 spiro atoms. The summed E-state index contributed by atoms with van der Waals surface area (Å²) in [4.78, 5) is 0. The predicted molar refractivity (Wildman–Crippen MR) is 75.0 cm³/mol. The van der Waals surface area contributed by atoms with E-state index in [4.69, 9.17) is 9.47 Å². The van der Waals surface area contributed by atoms with E-state index in [-0.39, 0.29) is 5.75 Å². The molecule has 2 aromatic rings. The standard InChI is InChI=1S/C16H18O3/c1-18-10-12-8-14(11-19-2)16(17)15(9-12)13-6-4-3-5-7-13/h3-9,17H,10-11H2,1-2H3. The van der Waals surface area contributed by atoms with Crippen molar-refractivity contribution in [3.63, 3.8) is 0 Å². The van der Waals surface area contributed by atoms with Crippen LogP contribution in [0.25, 0.3) is 11.1 Å². The van der Waals surface area contributed by atoms with Crippen molar-refractivity contribution in [2.24, 2.45) is 0 Å². The zero-order chi connectivity index (χ0) is 13.7. The van der Waals surface area contributed by atoms with Gasteiger partial charge in [0, 0.05) is 25.3 Å². The summed E-state index contributed by atoms with van der Waals surface area (Å²) >= 11 is 0. The van der Waals surface area contributed by atoms with Gasteiger partial charge in [-0.1, -0.05) is 30.3 Å². The molecule has 0 amide bonds. The van der Waals surface area contributed by atoms with Crippen molar-refractivity contribution < 1.29 is 14.6 Å². The minimum Gasteiger partial charge on any atom is -0.507 e. The first-order valence-electron chi connectivity index (χ1n) is 6.14. The zero-order valence-corrected chi connectivity index (χ0v) is 11.2. The van der Waals surface area contributed by atoms with Crippen LogP contribution in [0.15, 0.2) is 42.5 Å². The third kappa shape index (κ3) is 3.13. The van der Waals surface area contributed by atoms with Gasteiger partial charge in [-0.15, -0.1) is 0 Å². The average Bonchev–Trinajstić information content (AvgIpc) is 2.44. The lowest BCUT2D eigenvalue weighted by Gasteiger charge is -2.13. The Morgan fingerprint density at radius 1 is 0.947 bits per heavy atom. The molecule has 3 heteroatoms. The lowest BCUT2D eigenvalue weighted by Crippen LogP contribution is -1.96. The molecule has 0 saturated carbocycles. The van der Waals surface area contributed by atoms with Crippen LogP contribution in [0.5, 0.6) is 5.75 Å². The molecule has 0 aromatic heterocycles. The first kappa shape index (κ1) is 13.6. The summed E-state index contributed by atoms with van der Waals surface area (Å²) in [5.74, 6) is 0.271. The van der Waals surface area contributed by atoms with Crippen LogP contribution in [-0.4, -0.2) is 19.3 Å². The second-order valence-electron chi connectivity index (χ2n) is 4.38. The van der Waals surface area contributed by atoms with Crippen LogP contribution in [0, 0.1) is 0 Å². The predicted octanol–water partition coefficient (Wildman–Crippen LogP) is 3.35. The van der Waals surface area contributed by atoms with Crippen LogP contribution in [0.2, 0.25) is 0 Å². The van der Waals surface area contributed by atoms with Gasteiger partial charge >= 0.3 is 0 Å². The number of hydrogen-bond donors (Lipinski definition) is 1. The number of benzene rings is 2. The van der Waals surface area contributed by atoms with Crippen LogP contribution in [0.3, 0.4) is 0 Å². The zero-order valence-electron chi connectivity index (χ0n) is 11.2. The van der Waals surface area contributed by atoms with Crippen molar-refractivity contribution in [1.29, 1.82) is 0 Å². The van der Waals surface area contributed by atoms with Gasteiger partial charge in [0.2, 0.25) is 0 Å². The summed E-state index contributed by atoms with van der Waals surface area (Å²) in [7, 11) is 3.27. The van der Waals surface area contributed by atoms with Gasteiger partial charge < -0.3 is 14.6 Å². The fourth-order valence-corrected chi connectivity index (χ4v) is 2.11. The number of rotatable bonds is 5. The Morgan fingerprint density at radius 3 is 2.26 bits per heavy atom. The van der Waals surface area contributed by atoms with Gasteiger partial charge in [-0.3, -0.25) is 0 Å². The molecular formula is C16H18O3. The van der Waals surface area contributed by atoms with Crippen molar-refractivity contribution in [3.05, 3.63) is 53.6 Å². The molecule has 100 valence electrons. The normalized spacial score (nSPS) is 10.6. The maximum Gasteiger partial charge on any atom is 0.128 e. The van der Waals surface area contributed by atoms with E-state index in [1.54, 1.807) is 14.2 Å². The third-order valence-electron chi connectivity index (χ3n) is 2.94. The number of methoxy groups -OCH3 is 2. The summed E-state index contributed by atoms with van der Waals surface area (Å²) in [6.07, 6.45) is 0. The number of aromatic hydroxyl groups is 1. The minimum absolute atomic E-state index is 0.271. The highest BCUT2D eigenvalue weighted by molar-refractivity contribution is 5.72. The van der Waals surface area contributed by atoms with Gasteiger partial charge in [0.05, 0.1) is 13.2 Å². The molecule has 0 radical (unpaired) electrons. The summed E-state index contributed by atoms with van der Waals surface area (Å²) in [6.45, 7) is 0.889. The van der Waals surface area contributed by atoms with E-state index < -0.39 is 0 Å². The van der Waals surface area contributed by atoms with Crippen molar-refractivity contribution in [2.45, 2.75) is 13.2 Å². The van der Waals surface area contributed by atoms with E-state index in [1.165, 1.54) is 0 Å². The molecule has 3 nitrogen and oxygen atoms in total. The molecule has 2 aromatic carbocycles. The SMILES string of the molecule is COCc1cc(COC)c(O)c(-c2ccccc2)c1. The number of hydrogen-bond acceptors (Lipinski definition) is 3. The Labute approximate surface area is 113 Å². The van der Waals surface area contributed by atoms with E-state index in [0.717, 1.165) is 22.3 Å². The van der Waals surface area contributed by atoms with Crippen LogP contribution in [0.4, 0.5) is 0 Å². The molecule has 0 saturated heterocycles. The lowest BCUT2D eigenvalue weighted by molar-refractivity contribution is 0.178. The molecule has 0 aliphatic carbocycles. The first-order chi connectivity index (χ1) is 9.26. The van der Waals surface area contributed by atoms with Gasteiger partial charge in [-0.2, -0.15) is 0 Å². The van der Waals surface area contributed by atoms with Crippen molar-refractivity contribution in [1.82, 2.24) is 0 Å². The van der Waals surface area contributed by atoms with Crippen molar-refractivity contribution in [3.8, 4) is 16.9 Å². The second-order valence-corrected chi connectivity index (χ2v) is 4.38. The Kier molecular flexibility index (Phi) is 4.55. The van der Waals surface area contributed by atoms with Crippen LogP contribution in [-0.2, 0) is 22.7 Å². The van der Waals surface area contributed by atoms with Gasteiger partial charge in [0.25, 0.3) is 0 Å². The molecule has 0 atom stereocenters. The molecule has 1 N–H and O–H groups in total. The highest BCUT2D eigenvalue weighted by Gasteiger charge is 2.11. The van der Waals surface area contributed by atoms with Crippen LogP contribution in [0.1, 0.15) is 11.1 Å². The van der Waals surface area contributed by atoms with E-state index >= 15 is 0 Å². The molecule has 0 aliphatic heterocycles. The fraction of sp³-hybridized carbons (Fsp3) is 0.250. The molecule has 0 fully saturated rings. The van der Waals surface area contributed by atoms with Crippen LogP contribution < -0.4 is 0 Å². The van der Waals surface area contributed by atoms with E-state index in [1.807, 2.05) is 42.5 Å². The molecule has 0 heterocycles. The lowest BCUT2D eigenvalue weighted by atomic mass is 9.98. The third-order valence-corrected chi connectivity index (χ3v) is 2.94. The topological polar surface area (TPSA) is 38.7 Å². The Morgan fingerprint density at radius 2 is 1.63 bits per heavy atom. The minimum atomic E-state index is 0.271. The maximum atomic E-state index is 10.3. The summed E-state index contributed by atoms with van der Waals surface area (Å²) in [5, 5.41) is 10.3. The molecule has 2 rings (SSSR count). The largest absolute Gasteiger partial charge is 0.507 e. The van der Waals surface area contributed by atoms with E-state index in [0.29, 0.717) is 13.2 Å². The highest BCUT2D eigenvalue weighted by Crippen LogP contribution is 2.34. The fourth-order valence-electron chi connectivity index (χ4n) is 2.11. The molecule has 19 heavy (non-hydrogen) atoms. The molecule has 0 aliphatic rings. The monoisotopic (exact) mass is 258 g/mol.